The van der Waals surface area contributed by atoms with Crippen LogP contribution >= 0.6 is 11.6 Å². The Labute approximate surface area is 139 Å². The highest BCUT2D eigenvalue weighted by Crippen LogP contribution is 2.16. The molecule has 0 bridgehead atoms. The first-order valence-corrected chi connectivity index (χ1v) is 7.42. The van der Waals surface area contributed by atoms with Crippen molar-refractivity contribution in [2.45, 2.75) is 26.3 Å². The fourth-order valence-corrected chi connectivity index (χ4v) is 1.59. The van der Waals surface area contributed by atoms with E-state index in [4.69, 9.17) is 21.1 Å². The normalized spacial score (nSPS) is 11.3. The van der Waals surface area contributed by atoms with Gasteiger partial charge in [-0.3, -0.25) is 10.1 Å². The lowest BCUT2D eigenvalue weighted by molar-refractivity contribution is -0.150. The summed E-state index contributed by atoms with van der Waals surface area (Å²) in [4.78, 5) is 34.3. The van der Waals surface area contributed by atoms with E-state index in [9.17, 15) is 14.4 Å². The number of hydrogen-bond donors (Lipinski definition) is 2. The third-order valence-electron chi connectivity index (χ3n) is 2.76. The smallest absolute Gasteiger partial charge is 0.344 e. The molecule has 23 heavy (non-hydrogen) atoms. The Kier molecular flexibility index (Phi) is 7.90. The summed E-state index contributed by atoms with van der Waals surface area (Å²) < 4.78 is 9.86. The van der Waals surface area contributed by atoms with Gasteiger partial charge in [0.25, 0.3) is 5.91 Å². The van der Waals surface area contributed by atoms with Crippen LogP contribution < -0.4 is 15.4 Å². The van der Waals surface area contributed by atoms with Crippen LogP contribution in [-0.4, -0.2) is 37.2 Å². The van der Waals surface area contributed by atoms with Crippen LogP contribution in [0, 0.1) is 0 Å². The monoisotopic (exact) mass is 342 g/mol. The lowest BCUT2D eigenvalue weighted by Crippen LogP contribution is -2.44. The van der Waals surface area contributed by atoms with Gasteiger partial charge in [-0.05, 0) is 31.5 Å². The van der Waals surface area contributed by atoms with Gasteiger partial charge in [0.15, 0.2) is 13.2 Å². The standard InChI is InChI=1S/C15H19ClN2O5/c1-3-10(2)17-15(21)18-13(19)8-23-14(20)9-22-12-6-4-5-11(16)7-12/h4-7,10H,3,8-9H2,1-2H3,(H2,17,18,19,21)/t10-/m0/s1. The molecule has 0 radical (unpaired) electrons. The highest BCUT2D eigenvalue weighted by Gasteiger charge is 2.12. The van der Waals surface area contributed by atoms with Crippen molar-refractivity contribution in [3.05, 3.63) is 29.3 Å². The van der Waals surface area contributed by atoms with E-state index in [2.05, 4.69) is 10.6 Å². The van der Waals surface area contributed by atoms with Crippen molar-refractivity contribution in [1.82, 2.24) is 10.6 Å². The van der Waals surface area contributed by atoms with Crippen LogP contribution in [0.4, 0.5) is 4.79 Å². The van der Waals surface area contributed by atoms with Crippen molar-refractivity contribution in [2.24, 2.45) is 0 Å². The van der Waals surface area contributed by atoms with E-state index in [1.165, 1.54) is 0 Å². The Morgan fingerprint density at radius 2 is 2.00 bits per heavy atom. The number of amides is 3. The van der Waals surface area contributed by atoms with Crippen molar-refractivity contribution in [1.29, 1.82) is 0 Å². The average molecular weight is 343 g/mol. The van der Waals surface area contributed by atoms with Crippen LogP contribution in [-0.2, 0) is 14.3 Å². The van der Waals surface area contributed by atoms with Gasteiger partial charge in [0.2, 0.25) is 0 Å². The van der Waals surface area contributed by atoms with E-state index < -0.39 is 24.5 Å². The van der Waals surface area contributed by atoms with Gasteiger partial charge in [0, 0.05) is 11.1 Å². The Balaban J connectivity index is 2.25. The molecule has 0 aromatic heterocycles. The second-order valence-electron chi connectivity index (χ2n) is 4.74. The van der Waals surface area contributed by atoms with E-state index in [1.54, 1.807) is 31.2 Å². The van der Waals surface area contributed by atoms with E-state index in [0.29, 0.717) is 10.8 Å². The number of carbonyl (C=O) groups excluding carboxylic acids is 3. The van der Waals surface area contributed by atoms with Gasteiger partial charge in [-0.2, -0.15) is 0 Å². The van der Waals surface area contributed by atoms with Gasteiger partial charge in [-0.25, -0.2) is 9.59 Å². The SMILES string of the molecule is CC[C@H](C)NC(=O)NC(=O)COC(=O)COc1cccc(Cl)c1. The molecule has 0 spiro atoms. The number of hydrogen-bond acceptors (Lipinski definition) is 5. The van der Waals surface area contributed by atoms with Crippen molar-refractivity contribution in [3.8, 4) is 5.75 Å². The number of ether oxygens (including phenoxy) is 2. The summed E-state index contributed by atoms with van der Waals surface area (Å²) in [6, 6.07) is 5.83. The summed E-state index contributed by atoms with van der Waals surface area (Å²) >= 11 is 5.77. The molecule has 3 amide bonds. The van der Waals surface area contributed by atoms with Crippen molar-refractivity contribution in [2.75, 3.05) is 13.2 Å². The fourth-order valence-electron chi connectivity index (χ4n) is 1.41. The summed E-state index contributed by atoms with van der Waals surface area (Å²) in [6.45, 7) is 2.77. The molecule has 126 valence electrons. The van der Waals surface area contributed by atoms with Gasteiger partial charge in [-0.15, -0.1) is 0 Å². The summed E-state index contributed by atoms with van der Waals surface area (Å²) in [5.41, 5.74) is 0. The second-order valence-corrected chi connectivity index (χ2v) is 5.17. The van der Waals surface area contributed by atoms with Crippen molar-refractivity contribution < 1.29 is 23.9 Å². The molecule has 0 fully saturated rings. The van der Waals surface area contributed by atoms with Gasteiger partial charge in [0.05, 0.1) is 0 Å². The number of halogens is 1. The number of carbonyl (C=O) groups is 3. The molecule has 7 nitrogen and oxygen atoms in total. The van der Waals surface area contributed by atoms with Crippen LogP contribution in [0.2, 0.25) is 5.02 Å². The highest BCUT2D eigenvalue weighted by atomic mass is 35.5. The number of rotatable bonds is 7. The molecule has 8 heteroatoms. The third kappa shape index (κ3) is 8.06. The quantitative estimate of drug-likeness (QED) is 0.738. The van der Waals surface area contributed by atoms with Crippen LogP contribution in [0.1, 0.15) is 20.3 Å². The number of urea groups is 1. The zero-order valence-electron chi connectivity index (χ0n) is 12.9. The van der Waals surface area contributed by atoms with Crippen molar-refractivity contribution in [3.63, 3.8) is 0 Å². The van der Waals surface area contributed by atoms with Crippen LogP contribution in [0.5, 0.6) is 5.75 Å². The van der Waals surface area contributed by atoms with Gasteiger partial charge >= 0.3 is 12.0 Å². The fraction of sp³-hybridized carbons (Fsp3) is 0.400. The maximum absolute atomic E-state index is 11.5. The van der Waals surface area contributed by atoms with E-state index in [0.717, 1.165) is 6.42 Å². The number of esters is 1. The zero-order valence-corrected chi connectivity index (χ0v) is 13.7. The minimum atomic E-state index is -0.734. The molecule has 0 heterocycles. The maximum atomic E-state index is 11.5. The molecular weight excluding hydrogens is 324 g/mol. The largest absolute Gasteiger partial charge is 0.482 e. The van der Waals surface area contributed by atoms with Gasteiger partial charge in [-0.1, -0.05) is 24.6 Å². The Morgan fingerprint density at radius 1 is 1.26 bits per heavy atom. The minimum Gasteiger partial charge on any atom is -0.482 e. The average Bonchev–Trinajstić information content (AvgIpc) is 2.50. The van der Waals surface area contributed by atoms with E-state index >= 15 is 0 Å². The molecule has 1 atom stereocenters. The van der Waals surface area contributed by atoms with Crippen LogP contribution in [0.15, 0.2) is 24.3 Å². The number of nitrogens with one attached hydrogen (secondary N) is 2. The lowest BCUT2D eigenvalue weighted by atomic mass is 10.3. The van der Waals surface area contributed by atoms with Crippen molar-refractivity contribution >= 4 is 29.5 Å². The molecule has 0 unspecified atom stereocenters. The molecule has 1 rings (SSSR count). The molecular formula is C15H19ClN2O5. The number of imide groups is 1. The molecule has 1 aromatic rings. The summed E-state index contributed by atoms with van der Waals surface area (Å²) in [5, 5.41) is 5.08. The summed E-state index contributed by atoms with van der Waals surface area (Å²) in [7, 11) is 0. The second kappa shape index (κ2) is 9.68. The third-order valence-corrected chi connectivity index (χ3v) is 2.99. The summed E-state index contributed by atoms with van der Waals surface area (Å²) in [6.07, 6.45) is 0.734. The Morgan fingerprint density at radius 3 is 2.65 bits per heavy atom. The Bertz CT molecular complexity index is 565. The van der Waals surface area contributed by atoms with Gasteiger partial charge < -0.3 is 14.8 Å². The predicted octanol–water partition coefficient (Wildman–Crippen LogP) is 1.89. The Hall–Kier alpha value is -2.28. The molecule has 0 aliphatic heterocycles. The first kappa shape index (κ1) is 18.8. The van der Waals surface area contributed by atoms with Gasteiger partial charge in [0.1, 0.15) is 5.75 Å². The summed E-state index contributed by atoms with van der Waals surface area (Å²) in [5.74, 6) is -1.05. The molecule has 0 saturated heterocycles. The van der Waals surface area contributed by atoms with Crippen LogP contribution in [0.3, 0.4) is 0 Å². The molecule has 0 aliphatic carbocycles. The molecule has 1 aromatic carbocycles. The first-order chi connectivity index (χ1) is 10.9. The minimum absolute atomic E-state index is 0.0588. The predicted molar refractivity (Wildman–Crippen MR) is 84.3 cm³/mol. The lowest BCUT2D eigenvalue weighted by Gasteiger charge is -2.12. The first-order valence-electron chi connectivity index (χ1n) is 7.05. The van der Waals surface area contributed by atoms with E-state index in [1.807, 2.05) is 6.92 Å². The highest BCUT2D eigenvalue weighted by molar-refractivity contribution is 6.30. The zero-order chi connectivity index (χ0) is 17.2. The number of benzene rings is 1. The van der Waals surface area contributed by atoms with E-state index in [-0.39, 0.29) is 12.6 Å². The topological polar surface area (TPSA) is 93.7 Å². The maximum Gasteiger partial charge on any atom is 0.344 e. The molecule has 2 N–H and O–H groups in total. The molecule has 0 saturated carbocycles. The van der Waals surface area contributed by atoms with Crippen LogP contribution in [0.25, 0.3) is 0 Å². The molecule has 0 aliphatic rings.